The standard InChI is InChI=1S/C11H22N2O/c1-2-6-13-7-3-11(4-8-13)10-12-5-9-14-11/h12H,2-10H2,1H3. The van der Waals surface area contributed by atoms with Gasteiger partial charge in [0.15, 0.2) is 0 Å². The number of nitrogens with zero attached hydrogens (tertiary/aromatic N) is 1. The van der Waals surface area contributed by atoms with Crippen LogP contribution in [0.3, 0.4) is 0 Å². The minimum atomic E-state index is 0.183. The van der Waals surface area contributed by atoms with Crippen molar-refractivity contribution in [1.82, 2.24) is 10.2 Å². The summed E-state index contributed by atoms with van der Waals surface area (Å²) in [7, 11) is 0. The van der Waals surface area contributed by atoms with Crippen LogP contribution in [0.1, 0.15) is 26.2 Å². The molecule has 3 heteroatoms. The van der Waals surface area contributed by atoms with E-state index in [2.05, 4.69) is 17.1 Å². The second-order valence-electron chi connectivity index (χ2n) is 4.55. The average molecular weight is 198 g/mol. The van der Waals surface area contributed by atoms with Gasteiger partial charge in [0.05, 0.1) is 12.2 Å². The molecule has 0 aromatic rings. The normalized spacial score (nSPS) is 28.1. The summed E-state index contributed by atoms with van der Waals surface area (Å²) in [5.41, 5.74) is 0.183. The van der Waals surface area contributed by atoms with E-state index in [1.54, 1.807) is 0 Å². The quantitative estimate of drug-likeness (QED) is 0.712. The van der Waals surface area contributed by atoms with Crippen molar-refractivity contribution in [1.29, 1.82) is 0 Å². The van der Waals surface area contributed by atoms with Gasteiger partial charge in [0, 0.05) is 26.2 Å². The molecule has 2 saturated heterocycles. The molecule has 0 radical (unpaired) electrons. The fourth-order valence-corrected chi connectivity index (χ4v) is 2.53. The molecule has 0 amide bonds. The molecular formula is C11H22N2O. The number of nitrogens with one attached hydrogen (secondary N) is 1. The SMILES string of the molecule is CCCN1CCC2(CC1)CNCCO2. The molecule has 2 aliphatic rings. The fraction of sp³-hybridized carbons (Fsp3) is 1.00. The van der Waals surface area contributed by atoms with Gasteiger partial charge in [-0.25, -0.2) is 0 Å². The van der Waals surface area contributed by atoms with E-state index in [0.29, 0.717) is 0 Å². The summed E-state index contributed by atoms with van der Waals surface area (Å²) in [6.07, 6.45) is 3.69. The van der Waals surface area contributed by atoms with Gasteiger partial charge in [-0.05, 0) is 25.8 Å². The zero-order valence-corrected chi connectivity index (χ0v) is 9.22. The second-order valence-corrected chi connectivity index (χ2v) is 4.55. The number of morpholine rings is 1. The van der Waals surface area contributed by atoms with Crippen molar-refractivity contribution in [3.8, 4) is 0 Å². The molecule has 0 bridgehead atoms. The molecule has 2 aliphatic heterocycles. The molecule has 0 aliphatic carbocycles. The van der Waals surface area contributed by atoms with Crippen LogP contribution in [-0.4, -0.2) is 49.8 Å². The van der Waals surface area contributed by atoms with Gasteiger partial charge in [0.2, 0.25) is 0 Å². The van der Waals surface area contributed by atoms with Gasteiger partial charge in [-0.2, -0.15) is 0 Å². The van der Waals surface area contributed by atoms with Crippen LogP contribution in [0.15, 0.2) is 0 Å². The van der Waals surface area contributed by atoms with Crippen molar-refractivity contribution < 1.29 is 4.74 Å². The average Bonchev–Trinajstić information content (AvgIpc) is 2.24. The summed E-state index contributed by atoms with van der Waals surface area (Å²) in [5, 5.41) is 3.45. The highest BCUT2D eigenvalue weighted by atomic mass is 16.5. The lowest BCUT2D eigenvalue weighted by molar-refractivity contribution is -0.0994. The van der Waals surface area contributed by atoms with E-state index in [1.165, 1.54) is 38.9 Å². The maximum absolute atomic E-state index is 5.94. The van der Waals surface area contributed by atoms with Gasteiger partial charge in [-0.15, -0.1) is 0 Å². The Morgan fingerprint density at radius 3 is 2.71 bits per heavy atom. The molecular weight excluding hydrogens is 176 g/mol. The third kappa shape index (κ3) is 2.27. The third-order valence-electron chi connectivity index (χ3n) is 3.44. The van der Waals surface area contributed by atoms with Gasteiger partial charge in [0.1, 0.15) is 0 Å². The molecule has 0 unspecified atom stereocenters. The Bertz CT molecular complexity index is 168. The summed E-state index contributed by atoms with van der Waals surface area (Å²) in [4.78, 5) is 2.56. The third-order valence-corrected chi connectivity index (χ3v) is 3.44. The molecule has 0 atom stereocenters. The summed E-state index contributed by atoms with van der Waals surface area (Å²) < 4.78 is 5.94. The van der Waals surface area contributed by atoms with Gasteiger partial charge in [-0.1, -0.05) is 6.92 Å². The minimum Gasteiger partial charge on any atom is -0.372 e. The second kappa shape index (κ2) is 4.60. The lowest BCUT2D eigenvalue weighted by Gasteiger charge is -2.44. The van der Waals surface area contributed by atoms with Crippen LogP contribution >= 0.6 is 0 Å². The monoisotopic (exact) mass is 198 g/mol. The van der Waals surface area contributed by atoms with Crippen molar-refractivity contribution in [2.75, 3.05) is 39.3 Å². The fourth-order valence-electron chi connectivity index (χ4n) is 2.53. The Hall–Kier alpha value is -0.120. The zero-order chi connectivity index (χ0) is 9.86. The summed E-state index contributed by atoms with van der Waals surface area (Å²) >= 11 is 0. The van der Waals surface area contributed by atoms with E-state index in [-0.39, 0.29) is 5.60 Å². The molecule has 0 aromatic carbocycles. The smallest absolute Gasteiger partial charge is 0.0831 e. The van der Waals surface area contributed by atoms with E-state index >= 15 is 0 Å². The topological polar surface area (TPSA) is 24.5 Å². The molecule has 1 N–H and O–H groups in total. The Morgan fingerprint density at radius 2 is 2.14 bits per heavy atom. The van der Waals surface area contributed by atoms with Crippen molar-refractivity contribution in [3.63, 3.8) is 0 Å². The summed E-state index contributed by atoms with van der Waals surface area (Å²) in [6, 6.07) is 0. The first-order valence-electron chi connectivity index (χ1n) is 5.92. The van der Waals surface area contributed by atoms with Crippen LogP contribution in [0.4, 0.5) is 0 Å². The van der Waals surface area contributed by atoms with Gasteiger partial charge >= 0.3 is 0 Å². The van der Waals surface area contributed by atoms with Crippen molar-refractivity contribution >= 4 is 0 Å². The summed E-state index contributed by atoms with van der Waals surface area (Å²) in [5.74, 6) is 0. The Labute approximate surface area is 86.8 Å². The molecule has 3 nitrogen and oxygen atoms in total. The minimum absolute atomic E-state index is 0.183. The first-order chi connectivity index (χ1) is 6.85. The first-order valence-corrected chi connectivity index (χ1v) is 5.92. The molecule has 82 valence electrons. The number of hydrogen-bond donors (Lipinski definition) is 1. The lowest BCUT2D eigenvalue weighted by atomic mass is 9.90. The Morgan fingerprint density at radius 1 is 1.36 bits per heavy atom. The number of hydrogen-bond acceptors (Lipinski definition) is 3. The Balaban J connectivity index is 1.81. The number of piperidine rings is 1. The predicted octanol–water partition coefficient (Wildman–Crippen LogP) is 0.851. The first kappa shape index (κ1) is 10.4. The lowest BCUT2D eigenvalue weighted by Crippen LogP contribution is -2.55. The maximum Gasteiger partial charge on any atom is 0.0831 e. The molecule has 2 heterocycles. The van der Waals surface area contributed by atoms with Gasteiger partial charge < -0.3 is 15.0 Å². The maximum atomic E-state index is 5.94. The number of likely N-dealkylation sites (tertiary alicyclic amines) is 1. The molecule has 1 spiro atoms. The molecule has 0 aromatic heterocycles. The number of ether oxygens (including phenoxy) is 1. The van der Waals surface area contributed by atoms with E-state index in [9.17, 15) is 0 Å². The van der Waals surface area contributed by atoms with Crippen LogP contribution in [0, 0.1) is 0 Å². The predicted molar refractivity (Wildman–Crippen MR) is 57.5 cm³/mol. The van der Waals surface area contributed by atoms with E-state index < -0.39 is 0 Å². The van der Waals surface area contributed by atoms with Gasteiger partial charge in [0.25, 0.3) is 0 Å². The van der Waals surface area contributed by atoms with Crippen molar-refractivity contribution in [3.05, 3.63) is 0 Å². The highest BCUT2D eigenvalue weighted by Crippen LogP contribution is 2.27. The molecule has 2 fully saturated rings. The van der Waals surface area contributed by atoms with Crippen LogP contribution in [-0.2, 0) is 4.74 Å². The Kier molecular flexibility index (Phi) is 3.42. The largest absolute Gasteiger partial charge is 0.372 e. The van der Waals surface area contributed by atoms with E-state index in [0.717, 1.165) is 19.7 Å². The number of rotatable bonds is 2. The van der Waals surface area contributed by atoms with Crippen LogP contribution in [0.2, 0.25) is 0 Å². The van der Waals surface area contributed by atoms with Crippen molar-refractivity contribution in [2.45, 2.75) is 31.8 Å². The molecule has 2 rings (SSSR count). The highest BCUT2D eigenvalue weighted by Gasteiger charge is 2.36. The van der Waals surface area contributed by atoms with E-state index in [4.69, 9.17) is 4.74 Å². The summed E-state index contributed by atoms with van der Waals surface area (Å²) in [6.45, 7) is 8.93. The highest BCUT2D eigenvalue weighted by molar-refractivity contribution is 4.91. The van der Waals surface area contributed by atoms with Crippen molar-refractivity contribution in [2.24, 2.45) is 0 Å². The molecule has 14 heavy (non-hydrogen) atoms. The van der Waals surface area contributed by atoms with Crippen LogP contribution in [0.25, 0.3) is 0 Å². The zero-order valence-electron chi connectivity index (χ0n) is 9.22. The van der Waals surface area contributed by atoms with Crippen LogP contribution < -0.4 is 5.32 Å². The van der Waals surface area contributed by atoms with Crippen LogP contribution in [0.5, 0.6) is 0 Å². The van der Waals surface area contributed by atoms with Gasteiger partial charge in [-0.3, -0.25) is 0 Å². The van der Waals surface area contributed by atoms with E-state index in [1.807, 2.05) is 0 Å². The molecule has 0 saturated carbocycles.